The van der Waals surface area contributed by atoms with Crippen molar-refractivity contribution in [1.82, 2.24) is 4.90 Å². The van der Waals surface area contributed by atoms with E-state index < -0.39 is 0 Å². The lowest BCUT2D eigenvalue weighted by Gasteiger charge is -2.12. The van der Waals surface area contributed by atoms with Crippen molar-refractivity contribution in [2.24, 2.45) is 0 Å². The van der Waals surface area contributed by atoms with Crippen LogP contribution in [0.3, 0.4) is 0 Å². The van der Waals surface area contributed by atoms with Crippen LogP contribution in [0.2, 0.25) is 0 Å². The van der Waals surface area contributed by atoms with E-state index in [9.17, 15) is 4.79 Å². The summed E-state index contributed by atoms with van der Waals surface area (Å²) in [7, 11) is 3.99. The third-order valence-corrected chi connectivity index (χ3v) is 4.27. The zero-order valence-electron chi connectivity index (χ0n) is 11.5. The molecule has 1 saturated heterocycles. The topological polar surface area (TPSA) is 23.6 Å². The Balaban J connectivity index is 2.21. The minimum absolute atomic E-state index is 0.0448. The van der Waals surface area contributed by atoms with Gasteiger partial charge >= 0.3 is 0 Å². The minimum Gasteiger partial charge on any atom is -0.378 e. The molecular weight excluding hydrogens is 288 g/mol. The molecule has 0 aliphatic carbocycles. The fourth-order valence-electron chi connectivity index (χ4n) is 1.81. The number of carbonyl (C=O) groups excluding carboxylic acids is 1. The van der Waals surface area contributed by atoms with E-state index in [0.717, 1.165) is 11.3 Å². The van der Waals surface area contributed by atoms with Gasteiger partial charge in [-0.3, -0.25) is 9.69 Å². The highest BCUT2D eigenvalue weighted by molar-refractivity contribution is 8.26. The largest absolute Gasteiger partial charge is 0.378 e. The maximum absolute atomic E-state index is 12.2. The Morgan fingerprint density at radius 2 is 2.00 bits per heavy atom. The molecule has 2 rings (SSSR count). The van der Waals surface area contributed by atoms with E-state index in [0.29, 0.717) is 15.8 Å². The van der Waals surface area contributed by atoms with Crippen LogP contribution in [-0.4, -0.2) is 35.8 Å². The van der Waals surface area contributed by atoms with Crippen LogP contribution < -0.4 is 4.90 Å². The Morgan fingerprint density at radius 3 is 2.55 bits per heavy atom. The number of carbonyl (C=O) groups is 1. The summed E-state index contributed by atoms with van der Waals surface area (Å²) in [6.45, 7) is 4.10. The molecule has 0 unspecified atom stereocenters. The van der Waals surface area contributed by atoms with Gasteiger partial charge in [0, 0.05) is 26.3 Å². The molecular formula is C15H16N2OS2. The predicted molar refractivity (Wildman–Crippen MR) is 90.8 cm³/mol. The Morgan fingerprint density at radius 1 is 1.35 bits per heavy atom. The van der Waals surface area contributed by atoms with Crippen LogP contribution in [-0.2, 0) is 4.79 Å². The predicted octanol–water partition coefficient (Wildman–Crippen LogP) is 3.14. The number of benzene rings is 1. The van der Waals surface area contributed by atoms with Crippen LogP contribution in [0, 0.1) is 0 Å². The van der Waals surface area contributed by atoms with Crippen molar-refractivity contribution in [2.45, 2.75) is 0 Å². The quantitative estimate of drug-likeness (QED) is 0.484. The van der Waals surface area contributed by atoms with Crippen LogP contribution in [0.15, 0.2) is 41.8 Å². The van der Waals surface area contributed by atoms with Gasteiger partial charge in [0.2, 0.25) is 0 Å². The number of thiocarbonyl (C=S) groups is 1. The molecule has 1 aliphatic rings. The molecule has 1 aliphatic heterocycles. The van der Waals surface area contributed by atoms with Crippen molar-refractivity contribution in [3.63, 3.8) is 0 Å². The van der Waals surface area contributed by atoms with Crippen molar-refractivity contribution < 1.29 is 4.79 Å². The molecule has 104 valence electrons. The van der Waals surface area contributed by atoms with Crippen LogP contribution in [0.5, 0.6) is 0 Å². The van der Waals surface area contributed by atoms with Gasteiger partial charge in [-0.25, -0.2) is 0 Å². The Kier molecular flexibility index (Phi) is 4.62. The fourth-order valence-corrected chi connectivity index (χ4v) is 3.08. The Bertz CT molecular complexity index is 576. The van der Waals surface area contributed by atoms with Gasteiger partial charge in [-0.2, -0.15) is 0 Å². The summed E-state index contributed by atoms with van der Waals surface area (Å²) in [5.41, 5.74) is 2.12. The van der Waals surface area contributed by atoms with Gasteiger partial charge in [0.05, 0.1) is 4.91 Å². The van der Waals surface area contributed by atoms with Crippen molar-refractivity contribution in [2.75, 3.05) is 25.5 Å². The minimum atomic E-state index is -0.0448. The van der Waals surface area contributed by atoms with Crippen LogP contribution in [0.4, 0.5) is 5.69 Å². The van der Waals surface area contributed by atoms with Crippen LogP contribution in [0.1, 0.15) is 5.56 Å². The summed E-state index contributed by atoms with van der Waals surface area (Å²) in [6.07, 6.45) is 3.56. The second-order valence-electron chi connectivity index (χ2n) is 4.57. The lowest BCUT2D eigenvalue weighted by atomic mass is 10.2. The number of hydrogen-bond acceptors (Lipinski definition) is 4. The van der Waals surface area contributed by atoms with E-state index in [4.69, 9.17) is 12.2 Å². The van der Waals surface area contributed by atoms with E-state index in [1.165, 1.54) is 11.8 Å². The van der Waals surface area contributed by atoms with Crippen LogP contribution in [0.25, 0.3) is 6.08 Å². The first-order valence-corrected chi connectivity index (χ1v) is 7.39. The van der Waals surface area contributed by atoms with Gasteiger partial charge in [-0.15, -0.1) is 6.58 Å². The zero-order chi connectivity index (χ0) is 14.7. The lowest BCUT2D eigenvalue weighted by molar-refractivity contribution is -0.121. The van der Waals surface area contributed by atoms with E-state index in [2.05, 4.69) is 6.58 Å². The highest BCUT2D eigenvalue weighted by Gasteiger charge is 2.30. The first-order chi connectivity index (χ1) is 9.52. The van der Waals surface area contributed by atoms with Crippen molar-refractivity contribution in [1.29, 1.82) is 0 Å². The molecule has 0 bridgehead atoms. The number of nitrogens with zero attached hydrogens (tertiary/aromatic N) is 2. The van der Waals surface area contributed by atoms with E-state index >= 15 is 0 Å². The third-order valence-electron chi connectivity index (χ3n) is 2.89. The van der Waals surface area contributed by atoms with Crippen molar-refractivity contribution in [3.05, 3.63) is 47.4 Å². The number of hydrogen-bond donors (Lipinski definition) is 0. The van der Waals surface area contributed by atoms with Crippen LogP contribution >= 0.6 is 24.0 Å². The highest BCUT2D eigenvalue weighted by atomic mass is 32.2. The normalized spacial score (nSPS) is 16.9. The number of amides is 1. The molecule has 0 atom stereocenters. The molecule has 1 fully saturated rings. The zero-order valence-corrected chi connectivity index (χ0v) is 13.1. The number of rotatable bonds is 4. The Labute approximate surface area is 128 Å². The fraction of sp³-hybridized carbons (Fsp3) is 0.200. The number of thioether (sulfide) groups is 1. The maximum Gasteiger partial charge on any atom is 0.266 e. The molecule has 5 heteroatoms. The summed E-state index contributed by atoms with van der Waals surface area (Å²) < 4.78 is 0.589. The van der Waals surface area contributed by atoms with Gasteiger partial charge < -0.3 is 4.90 Å². The molecule has 1 aromatic carbocycles. The molecule has 3 nitrogen and oxygen atoms in total. The summed E-state index contributed by atoms with van der Waals surface area (Å²) in [6, 6.07) is 8.04. The van der Waals surface area contributed by atoms with Gasteiger partial charge in [0.15, 0.2) is 0 Å². The van der Waals surface area contributed by atoms with Crippen molar-refractivity contribution in [3.8, 4) is 0 Å². The molecule has 20 heavy (non-hydrogen) atoms. The molecule has 0 N–H and O–H groups in total. The molecule has 0 spiro atoms. The van der Waals surface area contributed by atoms with Gasteiger partial charge in [0.25, 0.3) is 5.91 Å². The van der Waals surface area contributed by atoms with E-state index in [1.807, 2.05) is 49.3 Å². The smallest absolute Gasteiger partial charge is 0.266 e. The van der Waals surface area contributed by atoms with Gasteiger partial charge in [-0.1, -0.05) is 42.2 Å². The highest BCUT2D eigenvalue weighted by Crippen LogP contribution is 2.32. The maximum atomic E-state index is 12.2. The summed E-state index contributed by atoms with van der Waals surface area (Å²) >= 11 is 6.54. The first kappa shape index (κ1) is 14.8. The summed E-state index contributed by atoms with van der Waals surface area (Å²) in [4.78, 5) is 16.4. The van der Waals surface area contributed by atoms with E-state index in [1.54, 1.807) is 11.0 Å². The molecule has 0 aromatic heterocycles. The summed E-state index contributed by atoms with van der Waals surface area (Å²) in [5, 5.41) is 0. The van der Waals surface area contributed by atoms with Crippen molar-refractivity contribution >= 4 is 46.0 Å². The lowest BCUT2D eigenvalue weighted by Crippen LogP contribution is -2.27. The average molecular weight is 304 g/mol. The standard InChI is InChI=1S/C15H16N2OS2/c1-4-9-17-14(18)13(20-15(17)19)10-11-5-7-12(8-6-11)16(2)3/h4-8,10H,1,9H2,2-3H3/b13-10-. The molecule has 0 saturated carbocycles. The number of anilines is 1. The monoisotopic (exact) mass is 304 g/mol. The Hall–Kier alpha value is -1.59. The first-order valence-electron chi connectivity index (χ1n) is 6.16. The second-order valence-corrected chi connectivity index (χ2v) is 6.24. The third kappa shape index (κ3) is 3.11. The molecule has 1 amide bonds. The van der Waals surface area contributed by atoms with Gasteiger partial charge in [0.1, 0.15) is 4.32 Å². The average Bonchev–Trinajstić information content (AvgIpc) is 2.67. The summed E-state index contributed by atoms with van der Waals surface area (Å²) in [5.74, 6) is -0.0448. The molecule has 1 aromatic rings. The van der Waals surface area contributed by atoms with Gasteiger partial charge in [-0.05, 0) is 23.8 Å². The second kappa shape index (κ2) is 6.24. The SMILES string of the molecule is C=CCN1C(=O)/C(=C/c2ccc(N(C)C)cc2)SC1=S. The van der Waals surface area contributed by atoms with E-state index in [-0.39, 0.29) is 5.91 Å². The molecule has 1 heterocycles. The molecule has 0 radical (unpaired) electrons.